The average Bonchev–Trinajstić information content (AvgIpc) is 3.17. The normalized spacial score (nSPS) is 14.9. The Balaban J connectivity index is 1.41. The number of nitrogens with zero attached hydrogens (tertiary/aromatic N) is 6. The predicted octanol–water partition coefficient (Wildman–Crippen LogP) is 2.55. The van der Waals surface area contributed by atoms with Crippen LogP contribution < -0.4 is 0 Å². The number of carbonyl (C=O) groups excluding carboxylic acids is 1. The van der Waals surface area contributed by atoms with Crippen LogP contribution in [0.1, 0.15) is 16.2 Å². The number of tetrazole rings is 1. The summed E-state index contributed by atoms with van der Waals surface area (Å²) in [6, 6.07) is 10.6. The molecule has 1 fully saturated rings. The Labute approximate surface area is 170 Å². The first-order valence-electron chi connectivity index (χ1n) is 9.02. The number of rotatable bonds is 4. The summed E-state index contributed by atoms with van der Waals surface area (Å²) in [6.07, 6.45) is 0. The fourth-order valence-electron chi connectivity index (χ4n) is 3.26. The molecule has 0 spiro atoms. The molecule has 1 aromatic heterocycles. The summed E-state index contributed by atoms with van der Waals surface area (Å²) < 4.78 is 29.4. The molecule has 2 heterocycles. The van der Waals surface area contributed by atoms with Crippen LogP contribution in [0.3, 0.4) is 0 Å². The molecule has 0 unspecified atom stereocenters. The van der Waals surface area contributed by atoms with Gasteiger partial charge in [-0.3, -0.25) is 9.69 Å². The molecule has 2 aromatic carbocycles. The number of amides is 1. The van der Waals surface area contributed by atoms with Crippen molar-refractivity contribution >= 4 is 17.5 Å². The highest BCUT2D eigenvalue weighted by Crippen LogP contribution is 2.18. The molecule has 1 aliphatic rings. The van der Waals surface area contributed by atoms with Crippen LogP contribution in [0.2, 0.25) is 5.02 Å². The second-order valence-electron chi connectivity index (χ2n) is 6.65. The highest BCUT2D eigenvalue weighted by atomic mass is 35.5. The first-order chi connectivity index (χ1) is 14.0. The Morgan fingerprint density at radius 2 is 1.66 bits per heavy atom. The van der Waals surface area contributed by atoms with Crippen LogP contribution in [0.15, 0.2) is 42.5 Å². The standard InChI is InChI=1S/C19H17ClF2N6O/c20-13-4-6-14(7-5-13)28-17(23-24-25-28)12-26-8-10-27(11-9-26)19(29)18-15(21)2-1-3-16(18)22/h1-7H,8-12H2. The van der Waals surface area contributed by atoms with Crippen LogP contribution in [0.25, 0.3) is 5.69 Å². The molecular weight excluding hydrogens is 402 g/mol. The maximum absolute atomic E-state index is 13.9. The van der Waals surface area contributed by atoms with Crippen LogP contribution in [0.5, 0.6) is 0 Å². The van der Waals surface area contributed by atoms with Crippen molar-refractivity contribution in [2.75, 3.05) is 26.2 Å². The predicted molar refractivity (Wildman–Crippen MR) is 102 cm³/mol. The minimum Gasteiger partial charge on any atom is -0.336 e. The second-order valence-corrected chi connectivity index (χ2v) is 7.08. The molecule has 0 saturated carbocycles. The van der Waals surface area contributed by atoms with Gasteiger partial charge in [-0.2, -0.15) is 4.68 Å². The molecular formula is C19H17ClF2N6O. The summed E-state index contributed by atoms with van der Waals surface area (Å²) in [5, 5.41) is 12.5. The van der Waals surface area contributed by atoms with Gasteiger partial charge >= 0.3 is 0 Å². The van der Waals surface area contributed by atoms with Crippen LogP contribution in [0.4, 0.5) is 8.78 Å². The van der Waals surface area contributed by atoms with Crippen molar-refractivity contribution in [2.24, 2.45) is 0 Å². The largest absolute Gasteiger partial charge is 0.336 e. The smallest absolute Gasteiger partial charge is 0.259 e. The van der Waals surface area contributed by atoms with E-state index in [0.717, 1.165) is 17.8 Å². The van der Waals surface area contributed by atoms with E-state index in [1.54, 1.807) is 16.8 Å². The molecule has 29 heavy (non-hydrogen) atoms. The Hall–Kier alpha value is -2.91. The number of aromatic nitrogens is 4. The lowest BCUT2D eigenvalue weighted by Crippen LogP contribution is -2.48. The first-order valence-corrected chi connectivity index (χ1v) is 9.39. The van der Waals surface area contributed by atoms with Crippen molar-refractivity contribution in [3.8, 4) is 5.69 Å². The average molecular weight is 419 g/mol. The molecule has 0 atom stereocenters. The van der Waals surface area contributed by atoms with Crippen molar-refractivity contribution in [2.45, 2.75) is 6.54 Å². The highest BCUT2D eigenvalue weighted by Gasteiger charge is 2.27. The van der Waals surface area contributed by atoms with E-state index in [1.807, 2.05) is 12.1 Å². The van der Waals surface area contributed by atoms with Crippen LogP contribution in [0, 0.1) is 11.6 Å². The van der Waals surface area contributed by atoms with Gasteiger partial charge in [-0.05, 0) is 46.8 Å². The van der Waals surface area contributed by atoms with Gasteiger partial charge < -0.3 is 4.90 Å². The first kappa shape index (κ1) is 19.4. The van der Waals surface area contributed by atoms with Crippen molar-refractivity contribution < 1.29 is 13.6 Å². The molecule has 1 amide bonds. The van der Waals surface area contributed by atoms with E-state index >= 15 is 0 Å². The lowest BCUT2D eigenvalue weighted by Gasteiger charge is -2.34. The Morgan fingerprint density at radius 1 is 1.00 bits per heavy atom. The lowest BCUT2D eigenvalue weighted by atomic mass is 10.1. The second kappa shape index (κ2) is 8.22. The van der Waals surface area contributed by atoms with Crippen molar-refractivity contribution in [3.05, 3.63) is 70.5 Å². The Kier molecular flexibility index (Phi) is 5.50. The van der Waals surface area contributed by atoms with Gasteiger partial charge in [0.2, 0.25) is 0 Å². The van der Waals surface area contributed by atoms with Gasteiger partial charge in [0.25, 0.3) is 5.91 Å². The van der Waals surface area contributed by atoms with Gasteiger partial charge in [0.1, 0.15) is 17.2 Å². The zero-order chi connectivity index (χ0) is 20.4. The maximum atomic E-state index is 13.9. The van der Waals surface area contributed by atoms with Crippen LogP contribution in [-0.2, 0) is 6.54 Å². The highest BCUT2D eigenvalue weighted by molar-refractivity contribution is 6.30. The molecule has 1 aliphatic heterocycles. The maximum Gasteiger partial charge on any atom is 0.259 e. The van der Waals surface area contributed by atoms with E-state index in [0.29, 0.717) is 43.6 Å². The summed E-state index contributed by atoms with van der Waals surface area (Å²) in [6.45, 7) is 2.26. The lowest BCUT2D eigenvalue weighted by molar-refractivity contribution is 0.0615. The van der Waals surface area contributed by atoms with E-state index in [9.17, 15) is 13.6 Å². The zero-order valence-corrected chi connectivity index (χ0v) is 16.1. The number of carbonyl (C=O) groups is 1. The third kappa shape index (κ3) is 4.10. The number of halogens is 3. The topological polar surface area (TPSA) is 67.2 Å². The van der Waals surface area contributed by atoms with Crippen molar-refractivity contribution in [1.82, 2.24) is 30.0 Å². The van der Waals surface area contributed by atoms with Gasteiger partial charge in [-0.15, -0.1) is 5.10 Å². The van der Waals surface area contributed by atoms with Gasteiger partial charge in [0.15, 0.2) is 5.82 Å². The van der Waals surface area contributed by atoms with Gasteiger partial charge in [0, 0.05) is 31.2 Å². The Bertz CT molecular complexity index is 998. The summed E-state index contributed by atoms with van der Waals surface area (Å²) in [7, 11) is 0. The molecule has 0 bridgehead atoms. The SMILES string of the molecule is O=C(c1c(F)cccc1F)N1CCN(Cc2nnnn2-c2ccc(Cl)cc2)CC1. The van der Waals surface area contributed by atoms with Crippen LogP contribution >= 0.6 is 11.6 Å². The molecule has 4 rings (SSSR count). The summed E-state index contributed by atoms with van der Waals surface area (Å²) in [5.41, 5.74) is 0.283. The Morgan fingerprint density at radius 3 is 2.31 bits per heavy atom. The third-order valence-corrected chi connectivity index (χ3v) is 5.06. The summed E-state index contributed by atoms with van der Waals surface area (Å²) in [5.74, 6) is -1.68. The van der Waals surface area contributed by atoms with Gasteiger partial charge in [-0.1, -0.05) is 17.7 Å². The zero-order valence-electron chi connectivity index (χ0n) is 15.3. The summed E-state index contributed by atoms with van der Waals surface area (Å²) >= 11 is 5.92. The molecule has 150 valence electrons. The molecule has 0 radical (unpaired) electrons. The molecule has 0 aliphatic carbocycles. The van der Waals surface area contributed by atoms with Crippen molar-refractivity contribution in [1.29, 1.82) is 0 Å². The molecule has 7 nitrogen and oxygen atoms in total. The molecule has 10 heteroatoms. The number of piperazine rings is 1. The quantitative estimate of drug-likeness (QED) is 0.651. The van der Waals surface area contributed by atoms with E-state index in [2.05, 4.69) is 20.4 Å². The van der Waals surface area contributed by atoms with Gasteiger partial charge in [-0.25, -0.2) is 8.78 Å². The van der Waals surface area contributed by atoms with E-state index < -0.39 is 23.1 Å². The molecule has 0 N–H and O–H groups in total. The minimum atomic E-state index is -0.848. The van der Waals surface area contributed by atoms with E-state index in [-0.39, 0.29) is 0 Å². The molecule has 3 aromatic rings. The number of benzene rings is 2. The number of hydrogen-bond acceptors (Lipinski definition) is 5. The van der Waals surface area contributed by atoms with E-state index in [4.69, 9.17) is 11.6 Å². The summed E-state index contributed by atoms with van der Waals surface area (Å²) in [4.78, 5) is 16.1. The van der Waals surface area contributed by atoms with Crippen LogP contribution in [-0.4, -0.2) is 62.1 Å². The minimum absolute atomic E-state index is 0.356. The van der Waals surface area contributed by atoms with E-state index in [1.165, 1.54) is 11.0 Å². The molecule has 1 saturated heterocycles. The van der Waals surface area contributed by atoms with Crippen molar-refractivity contribution in [3.63, 3.8) is 0 Å². The third-order valence-electron chi connectivity index (χ3n) is 4.81. The van der Waals surface area contributed by atoms with Gasteiger partial charge in [0.05, 0.1) is 12.2 Å². The fraction of sp³-hybridized carbons (Fsp3) is 0.263. The fourth-order valence-corrected chi connectivity index (χ4v) is 3.38. The number of hydrogen-bond donors (Lipinski definition) is 0. The monoisotopic (exact) mass is 418 g/mol.